The van der Waals surface area contributed by atoms with E-state index in [0.29, 0.717) is 18.7 Å². The van der Waals surface area contributed by atoms with Gasteiger partial charge in [-0.2, -0.15) is 0 Å². The maximum atomic E-state index is 13.0. The van der Waals surface area contributed by atoms with Crippen LogP contribution in [0.2, 0.25) is 0 Å². The van der Waals surface area contributed by atoms with Crippen LogP contribution in [0.4, 0.5) is 0 Å². The standard InChI is InChI=1S/C23H23BrN2O3/c1-29-21-11-5-17(6-12-21)23(28)26-15-19-9-10-20(26)14-25(19)22(27)13-4-16-2-7-18(24)8-3-16/h2-8,11-13,19-20H,9-10,14-15H2,1H3/b13-4+. The summed E-state index contributed by atoms with van der Waals surface area (Å²) < 4.78 is 6.18. The van der Waals surface area contributed by atoms with E-state index in [-0.39, 0.29) is 23.9 Å². The fourth-order valence-corrected chi connectivity index (χ4v) is 4.35. The zero-order valence-corrected chi connectivity index (χ0v) is 17.8. The van der Waals surface area contributed by atoms with Crippen molar-refractivity contribution in [2.45, 2.75) is 24.9 Å². The average Bonchev–Trinajstić information content (AvgIpc) is 2.78. The molecule has 3 fully saturated rings. The number of carbonyl (C=O) groups is 2. The molecule has 2 aromatic rings. The highest BCUT2D eigenvalue weighted by Crippen LogP contribution is 2.30. The van der Waals surface area contributed by atoms with Crippen molar-refractivity contribution < 1.29 is 14.3 Å². The number of nitrogens with zero attached hydrogens (tertiary/aromatic N) is 2. The molecule has 3 heterocycles. The molecule has 5 rings (SSSR count). The van der Waals surface area contributed by atoms with Gasteiger partial charge in [-0.05, 0) is 60.9 Å². The highest BCUT2D eigenvalue weighted by molar-refractivity contribution is 9.10. The van der Waals surface area contributed by atoms with Gasteiger partial charge < -0.3 is 14.5 Å². The molecule has 2 atom stereocenters. The number of piperidine rings is 2. The lowest BCUT2D eigenvalue weighted by Crippen LogP contribution is -2.64. The van der Waals surface area contributed by atoms with E-state index in [1.165, 1.54) is 0 Å². The molecule has 2 unspecified atom stereocenters. The molecule has 3 aliphatic rings. The van der Waals surface area contributed by atoms with Crippen molar-refractivity contribution in [2.24, 2.45) is 0 Å². The van der Waals surface area contributed by atoms with E-state index in [4.69, 9.17) is 4.74 Å². The van der Waals surface area contributed by atoms with Crippen LogP contribution in [0.3, 0.4) is 0 Å². The van der Waals surface area contributed by atoms with Crippen LogP contribution in [0.15, 0.2) is 59.1 Å². The van der Waals surface area contributed by atoms with Crippen molar-refractivity contribution >= 4 is 33.8 Å². The third-order valence-electron chi connectivity index (χ3n) is 5.70. The Morgan fingerprint density at radius 1 is 0.966 bits per heavy atom. The minimum atomic E-state index is 0.0131. The maximum absolute atomic E-state index is 13.0. The lowest BCUT2D eigenvalue weighted by molar-refractivity contribution is -0.135. The molecule has 3 saturated heterocycles. The van der Waals surface area contributed by atoms with E-state index in [0.717, 1.165) is 28.6 Å². The molecule has 2 amide bonds. The minimum Gasteiger partial charge on any atom is -0.497 e. The number of amides is 2. The van der Waals surface area contributed by atoms with Gasteiger partial charge in [0.05, 0.1) is 7.11 Å². The molecule has 0 aromatic heterocycles. The number of piperazine rings is 1. The summed E-state index contributed by atoms with van der Waals surface area (Å²) >= 11 is 3.41. The van der Waals surface area contributed by atoms with Gasteiger partial charge in [0.1, 0.15) is 5.75 Å². The lowest BCUT2D eigenvalue weighted by Gasteiger charge is -2.51. The Kier molecular flexibility index (Phi) is 5.72. The summed E-state index contributed by atoms with van der Waals surface area (Å²) in [6.45, 7) is 1.18. The quantitative estimate of drug-likeness (QED) is 0.656. The number of benzene rings is 2. The molecule has 6 heteroatoms. The topological polar surface area (TPSA) is 49.9 Å². The van der Waals surface area contributed by atoms with Crippen LogP contribution >= 0.6 is 15.9 Å². The lowest BCUT2D eigenvalue weighted by atomic mass is 9.90. The SMILES string of the molecule is COc1ccc(C(=O)N2CC3CCC2CN3C(=O)/C=C/c2ccc(Br)cc2)cc1. The Balaban J connectivity index is 1.42. The zero-order valence-electron chi connectivity index (χ0n) is 16.3. The molecular formula is C23H23BrN2O3. The first-order valence-electron chi connectivity index (χ1n) is 9.74. The number of carbonyl (C=O) groups excluding carboxylic acids is 2. The van der Waals surface area contributed by atoms with E-state index >= 15 is 0 Å². The van der Waals surface area contributed by atoms with Gasteiger partial charge in [0.15, 0.2) is 0 Å². The average molecular weight is 455 g/mol. The second kappa shape index (κ2) is 8.41. The van der Waals surface area contributed by atoms with Gasteiger partial charge >= 0.3 is 0 Å². The molecule has 29 heavy (non-hydrogen) atoms. The van der Waals surface area contributed by atoms with Crippen LogP contribution in [-0.2, 0) is 4.79 Å². The van der Waals surface area contributed by atoms with Crippen molar-refractivity contribution in [3.05, 3.63) is 70.2 Å². The van der Waals surface area contributed by atoms with Crippen LogP contribution in [0, 0.1) is 0 Å². The van der Waals surface area contributed by atoms with Gasteiger partial charge in [0.2, 0.25) is 5.91 Å². The van der Waals surface area contributed by atoms with Gasteiger partial charge in [0, 0.05) is 41.3 Å². The molecule has 150 valence electrons. The first-order chi connectivity index (χ1) is 14.0. The van der Waals surface area contributed by atoms with Crippen molar-refractivity contribution in [3.63, 3.8) is 0 Å². The summed E-state index contributed by atoms with van der Waals surface area (Å²) in [5.74, 6) is 0.773. The Labute approximate surface area is 179 Å². The van der Waals surface area contributed by atoms with Crippen LogP contribution in [0.25, 0.3) is 6.08 Å². The number of ether oxygens (including phenoxy) is 1. The van der Waals surface area contributed by atoms with Crippen LogP contribution in [0.1, 0.15) is 28.8 Å². The molecule has 5 nitrogen and oxygen atoms in total. The van der Waals surface area contributed by atoms with Crippen molar-refractivity contribution in [2.75, 3.05) is 20.2 Å². The molecule has 0 saturated carbocycles. The summed E-state index contributed by atoms with van der Waals surface area (Å²) in [7, 11) is 1.61. The minimum absolute atomic E-state index is 0.0131. The zero-order chi connectivity index (χ0) is 20.4. The van der Waals surface area contributed by atoms with Crippen molar-refractivity contribution in [1.29, 1.82) is 0 Å². The largest absolute Gasteiger partial charge is 0.497 e. The highest BCUT2D eigenvalue weighted by atomic mass is 79.9. The van der Waals surface area contributed by atoms with Crippen LogP contribution in [0.5, 0.6) is 5.75 Å². The summed E-state index contributed by atoms with van der Waals surface area (Å²) in [6, 6.07) is 15.2. The smallest absolute Gasteiger partial charge is 0.254 e. The number of hydrogen-bond donors (Lipinski definition) is 0. The molecule has 0 N–H and O–H groups in total. The first kappa shape index (κ1) is 19.7. The monoisotopic (exact) mass is 454 g/mol. The number of rotatable bonds is 4. The van der Waals surface area contributed by atoms with Crippen molar-refractivity contribution in [1.82, 2.24) is 9.80 Å². The van der Waals surface area contributed by atoms with Crippen LogP contribution < -0.4 is 4.74 Å². The number of methoxy groups -OCH3 is 1. The van der Waals surface area contributed by atoms with E-state index < -0.39 is 0 Å². The summed E-state index contributed by atoms with van der Waals surface area (Å²) in [6.07, 6.45) is 5.36. The maximum Gasteiger partial charge on any atom is 0.254 e. The summed E-state index contributed by atoms with van der Waals surface area (Å²) in [5.41, 5.74) is 1.64. The van der Waals surface area contributed by atoms with Crippen molar-refractivity contribution in [3.8, 4) is 5.75 Å². The molecule has 0 aliphatic carbocycles. The molecule has 2 bridgehead atoms. The molecule has 2 aromatic carbocycles. The second-order valence-electron chi connectivity index (χ2n) is 7.45. The molecule has 0 spiro atoms. The highest BCUT2D eigenvalue weighted by Gasteiger charge is 2.42. The molecule has 0 radical (unpaired) electrons. The predicted molar refractivity (Wildman–Crippen MR) is 116 cm³/mol. The number of hydrogen-bond acceptors (Lipinski definition) is 3. The number of halogens is 1. The Bertz CT molecular complexity index is 924. The third-order valence-corrected chi connectivity index (χ3v) is 6.23. The normalized spacial score (nSPS) is 20.9. The van der Waals surface area contributed by atoms with E-state index in [1.54, 1.807) is 37.5 Å². The summed E-state index contributed by atoms with van der Waals surface area (Å²) in [5, 5.41) is 0. The molecular weight excluding hydrogens is 432 g/mol. The van der Waals surface area contributed by atoms with E-state index in [2.05, 4.69) is 15.9 Å². The van der Waals surface area contributed by atoms with E-state index in [1.807, 2.05) is 40.1 Å². The van der Waals surface area contributed by atoms with Gasteiger partial charge in [-0.3, -0.25) is 9.59 Å². The third kappa shape index (κ3) is 4.22. The Morgan fingerprint density at radius 3 is 2.17 bits per heavy atom. The fraction of sp³-hybridized carbons (Fsp3) is 0.304. The molecule has 3 aliphatic heterocycles. The Morgan fingerprint density at radius 2 is 1.59 bits per heavy atom. The van der Waals surface area contributed by atoms with Gasteiger partial charge in [-0.15, -0.1) is 0 Å². The van der Waals surface area contributed by atoms with Gasteiger partial charge in [-0.1, -0.05) is 28.1 Å². The Hall–Kier alpha value is -2.60. The van der Waals surface area contributed by atoms with E-state index in [9.17, 15) is 9.59 Å². The van der Waals surface area contributed by atoms with Gasteiger partial charge in [-0.25, -0.2) is 0 Å². The predicted octanol–water partition coefficient (Wildman–Crippen LogP) is 3.99. The summed E-state index contributed by atoms with van der Waals surface area (Å²) in [4.78, 5) is 29.6. The second-order valence-corrected chi connectivity index (χ2v) is 8.36. The van der Waals surface area contributed by atoms with Gasteiger partial charge in [0.25, 0.3) is 5.91 Å². The fourth-order valence-electron chi connectivity index (χ4n) is 4.08. The number of fused-ring (bicyclic) bond motifs is 3. The van der Waals surface area contributed by atoms with Crippen LogP contribution in [-0.4, -0.2) is 53.9 Å². The first-order valence-corrected chi connectivity index (χ1v) is 10.5.